The number of rotatable bonds is 4. The molecule has 1 saturated heterocycles. The van der Waals surface area contributed by atoms with Crippen molar-refractivity contribution in [1.82, 2.24) is 10.2 Å². The van der Waals surface area contributed by atoms with E-state index >= 15 is 0 Å². The molecular formula is C16H28N2O2. The van der Waals surface area contributed by atoms with Gasteiger partial charge in [0.2, 0.25) is 11.8 Å². The van der Waals surface area contributed by atoms with Gasteiger partial charge in [-0.2, -0.15) is 0 Å². The Balaban J connectivity index is 2.20. The molecule has 0 aromatic heterocycles. The lowest BCUT2D eigenvalue weighted by Crippen LogP contribution is -2.66. The Morgan fingerprint density at radius 3 is 2.40 bits per heavy atom. The van der Waals surface area contributed by atoms with E-state index in [1.165, 1.54) is 19.3 Å². The maximum atomic E-state index is 12.7. The van der Waals surface area contributed by atoms with Gasteiger partial charge in [0.25, 0.3) is 0 Å². The summed E-state index contributed by atoms with van der Waals surface area (Å²) in [6.45, 7) is 6.76. The summed E-state index contributed by atoms with van der Waals surface area (Å²) in [4.78, 5) is 27.1. The second-order valence-electron chi connectivity index (χ2n) is 6.60. The molecule has 2 atom stereocenters. The Bertz CT molecular complexity index is 361. The smallest absolute Gasteiger partial charge is 0.246 e. The minimum Gasteiger partial charge on any atom is -0.342 e. The van der Waals surface area contributed by atoms with E-state index in [0.717, 1.165) is 19.3 Å². The fourth-order valence-corrected chi connectivity index (χ4v) is 3.62. The van der Waals surface area contributed by atoms with Gasteiger partial charge in [-0.1, -0.05) is 40.0 Å². The van der Waals surface area contributed by atoms with Crippen LogP contribution in [0.3, 0.4) is 0 Å². The zero-order valence-corrected chi connectivity index (χ0v) is 13.0. The highest BCUT2D eigenvalue weighted by Crippen LogP contribution is 2.31. The first-order valence-corrected chi connectivity index (χ1v) is 8.17. The molecule has 2 unspecified atom stereocenters. The molecule has 2 fully saturated rings. The molecule has 1 aliphatic carbocycles. The molecule has 2 rings (SSSR count). The molecule has 2 aliphatic rings. The summed E-state index contributed by atoms with van der Waals surface area (Å²) < 4.78 is 0. The third-order valence-electron chi connectivity index (χ3n) is 4.68. The lowest BCUT2D eigenvalue weighted by Gasteiger charge is -2.44. The zero-order chi connectivity index (χ0) is 14.7. The molecule has 1 N–H and O–H groups in total. The minimum absolute atomic E-state index is 0.0728. The number of carbonyl (C=O) groups is 2. The summed E-state index contributed by atoms with van der Waals surface area (Å²) in [5.74, 6) is 0.700. The highest BCUT2D eigenvalue weighted by Gasteiger charge is 2.44. The van der Waals surface area contributed by atoms with E-state index in [9.17, 15) is 9.59 Å². The maximum absolute atomic E-state index is 12.7. The number of piperazine rings is 1. The van der Waals surface area contributed by atoms with Gasteiger partial charge in [-0.25, -0.2) is 0 Å². The van der Waals surface area contributed by atoms with Crippen LogP contribution < -0.4 is 5.32 Å². The van der Waals surface area contributed by atoms with Gasteiger partial charge >= 0.3 is 0 Å². The Hall–Kier alpha value is -1.06. The van der Waals surface area contributed by atoms with Crippen molar-refractivity contribution in [1.29, 1.82) is 0 Å². The molecule has 2 amide bonds. The fourth-order valence-electron chi connectivity index (χ4n) is 3.62. The monoisotopic (exact) mass is 280 g/mol. The first-order valence-electron chi connectivity index (χ1n) is 8.17. The van der Waals surface area contributed by atoms with Gasteiger partial charge in [-0.15, -0.1) is 0 Å². The van der Waals surface area contributed by atoms with Crippen molar-refractivity contribution in [2.45, 2.75) is 71.4 Å². The van der Waals surface area contributed by atoms with E-state index in [-0.39, 0.29) is 29.8 Å². The third-order valence-corrected chi connectivity index (χ3v) is 4.68. The van der Waals surface area contributed by atoms with Crippen molar-refractivity contribution >= 4 is 11.8 Å². The van der Waals surface area contributed by atoms with Gasteiger partial charge in [-0.3, -0.25) is 9.59 Å². The molecule has 20 heavy (non-hydrogen) atoms. The highest BCUT2D eigenvalue weighted by atomic mass is 16.2. The maximum Gasteiger partial charge on any atom is 0.246 e. The molecule has 1 saturated carbocycles. The van der Waals surface area contributed by atoms with E-state index in [0.29, 0.717) is 12.5 Å². The van der Waals surface area contributed by atoms with Crippen LogP contribution in [0.1, 0.15) is 59.3 Å². The number of hydrogen-bond donors (Lipinski definition) is 1. The normalized spacial score (nSPS) is 28.9. The van der Waals surface area contributed by atoms with Gasteiger partial charge in [0.05, 0.1) is 0 Å². The molecule has 0 radical (unpaired) electrons. The summed E-state index contributed by atoms with van der Waals surface area (Å²) in [6.07, 6.45) is 6.72. The first kappa shape index (κ1) is 15.3. The quantitative estimate of drug-likeness (QED) is 0.859. The van der Waals surface area contributed by atoms with Crippen LogP contribution in [0.2, 0.25) is 0 Å². The number of nitrogens with zero attached hydrogens (tertiary/aromatic N) is 1. The van der Waals surface area contributed by atoms with Crippen molar-refractivity contribution in [2.75, 3.05) is 6.54 Å². The van der Waals surface area contributed by atoms with E-state index in [4.69, 9.17) is 0 Å². The average molecular weight is 280 g/mol. The van der Waals surface area contributed by atoms with Crippen molar-refractivity contribution in [3.8, 4) is 0 Å². The van der Waals surface area contributed by atoms with Crippen molar-refractivity contribution in [2.24, 2.45) is 11.8 Å². The van der Waals surface area contributed by atoms with Gasteiger partial charge in [-0.05, 0) is 31.1 Å². The Kier molecular flexibility index (Phi) is 5.06. The van der Waals surface area contributed by atoms with Crippen molar-refractivity contribution in [3.63, 3.8) is 0 Å². The van der Waals surface area contributed by atoms with Crippen LogP contribution >= 0.6 is 0 Å². The van der Waals surface area contributed by atoms with Crippen LogP contribution in [-0.4, -0.2) is 35.3 Å². The highest BCUT2D eigenvalue weighted by molar-refractivity contribution is 5.97. The molecule has 4 nitrogen and oxygen atoms in total. The van der Waals surface area contributed by atoms with Gasteiger partial charge in [0, 0.05) is 6.54 Å². The van der Waals surface area contributed by atoms with Gasteiger partial charge in [0.1, 0.15) is 12.1 Å². The van der Waals surface area contributed by atoms with E-state index in [1.54, 1.807) is 0 Å². The largest absolute Gasteiger partial charge is 0.342 e. The molecule has 0 aromatic rings. The SMILES string of the molecule is CCCN1C(=O)C(C(C)C)NC(=O)C1C1CCCCC1. The standard InChI is InChI=1S/C16H28N2O2/c1-4-10-18-14(12-8-6-5-7-9-12)15(19)17-13(11(2)3)16(18)20/h11-14H,4-10H2,1-3H3,(H,17,19). The topological polar surface area (TPSA) is 49.4 Å². The number of nitrogens with one attached hydrogen (secondary N) is 1. The van der Waals surface area contributed by atoms with Crippen molar-refractivity contribution < 1.29 is 9.59 Å². The fraction of sp³-hybridized carbons (Fsp3) is 0.875. The van der Waals surface area contributed by atoms with Crippen LogP contribution in [0.4, 0.5) is 0 Å². The summed E-state index contributed by atoms with van der Waals surface area (Å²) in [5, 5.41) is 2.97. The molecule has 1 heterocycles. The summed E-state index contributed by atoms with van der Waals surface area (Å²) in [5.41, 5.74) is 0. The third kappa shape index (κ3) is 2.99. The number of amides is 2. The van der Waals surface area contributed by atoms with Crippen LogP contribution in [0.15, 0.2) is 0 Å². The predicted octanol–water partition coefficient (Wildman–Crippen LogP) is 2.33. The van der Waals surface area contributed by atoms with Gasteiger partial charge in [0.15, 0.2) is 0 Å². The Morgan fingerprint density at radius 2 is 1.85 bits per heavy atom. The summed E-state index contributed by atoms with van der Waals surface area (Å²) >= 11 is 0. The molecule has 4 heteroatoms. The molecular weight excluding hydrogens is 252 g/mol. The van der Waals surface area contributed by atoms with E-state index in [2.05, 4.69) is 12.2 Å². The minimum atomic E-state index is -0.339. The van der Waals surface area contributed by atoms with Crippen LogP contribution in [0.5, 0.6) is 0 Å². The Labute approximate surface area is 122 Å². The van der Waals surface area contributed by atoms with Crippen LogP contribution in [0.25, 0.3) is 0 Å². The van der Waals surface area contributed by atoms with Crippen LogP contribution in [0, 0.1) is 11.8 Å². The summed E-state index contributed by atoms with van der Waals surface area (Å²) in [7, 11) is 0. The lowest BCUT2D eigenvalue weighted by molar-refractivity contribution is -0.153. The van der Waals surface area contributed by atoms with E-state index in [1.807, 2.05) is 18.7 Å². The Morgan fingerprint density at radius 1 is 1.20 bits per heavy atom. The van der Waals surface area contributed by atoms with Crippen molar-refractivity contribution in [3.05, 3.63) is 0 Å². The molecule has 114 valence electrons. The molecule has 1 aliphatic heterocycles. The molecule has 0 bridgehead atoms. The number of carbonyl (C=O) groups excluding carboxylic acids is 2. The van der Waals surface area contributed by atoms with Crippen LogP contribution in [-0.2, 0) is 9.59 Å². The lowest BCUT2D eigenvalue weighted by atomic mass is 9.81. The average Bonchev–Trinajstić information content (AvgIpc) is 2.43. The molecule has 0 aromatic carbocycles. The predicted molar refractivity (Wildman–Crippen MR) is 79.1 cm³/mol. The van der Waals surface area contributed by atoms with Gasteiger partial charge < -0.3 is 10.2 Å². The summed E-state index contributed by atoms with van der Waals surface area (Å²) in [6, 6.07) is -0.563. The first-order chi connectivity index (χ1) is 9.56. The molecule has 0 spiro atoms. The second-order valence-corrected chi connectivity index (χ2v) is 6.60. The number of hydrogen-bond acceptors (Lipinski definition) is 2. The van der Waals surface area contributed by atoms with E-state index < -0.39 is 0 Å². The zero-order valence-electron chi connectivity index (χ0n) is 13.0. The second kappa shape index (κ2) is 6.59.